The number of likely N-dealkylation sites (tertiary alicyclic amines) is 1. The minimum Gasteiger partial charge on any atom is -0.396 e. The number of aliphatic hydroxyl groups is 1. The Morgan fingerprint density at radius 1 is 1.48 bits per heavy atom. The van der Waals surface area contributed by atoms with Crippen molar-refractivity contribution in [2.24, 2.45) is 11.8 Å². The van der Waals surface area contributed by atoms with Crippen LogP contribution in [0.4, 0.5) is 4.39 Å². The molecule has 3 saturated heterocycles. The van der Waals surface area contributed by atoms with Gasteiger partial charge < -0.3 is 9.84 Å². The fourth-order valence-electron chi connectivity index (χ4n) is 4.73. The summed E-state index contributed by atoms with van der Waals surface area (Å²) >= 11 is 0. The summed E-state index contributed by atoms with van der Waals surface area (Å²) in [7, 11) is 0. The number of fused-ring (bicyclic) bond motifs is 1. The van der Waals surface area contributed by atoms with Crippen LogP contribution in [-0.2, 0) is 11.3 Å². The second kappa shape index (κ2) is 4.77. The minimum atomic E-state index is -0.171. The van der Waals surface area contributed by atoms with Crippen LogP contribution in [-0.4, -0.2) is 41.4 Å². The molecule has 0 aromatic heterocycles. The molecule has 0 aliphatic carbocycles. The number of halogens is 1. The molecule has 2 bridgehead atoms. The van der Waals surface area contributed by atoms with Crippen molar-refractivity contribution in [1.82, 2.24) is 4.90 Å². The van der Waals surface area contributed by atoms with E-state index in [9.17, 15) is 9.50 Å². The second-order valence-corrected chi connectivity index (χ2v) is 6.95. The van der Waals surface area contributed by atoms with Crippen LogP contribution in [0.1, 0.15) is 24.0 Å². The molecule has 3 fully saturated rings. The quantitative estimate of drug-likeness (QED) is 0.926. The summed E-state index contributed by atoms with van der Waals surface area (Å²) in [5.41, 5.74) is 2.17. The van der Waals surface area contributed by atoms with Crippen molar-refractivity contribution in [1.29, 1.82) is 0 Å². The van der Waals surface area contributed by atoms with E-state index >= 15 is 0 Å². The molecule has 0 amide bonds. The molecule has 1 N–H and O–H groups in total. The number of hydrogen-bond donors (Lipinski definition) is 1. The number of rotatable bonds is 3. The molecule has 3 aliphatic heterocycles. The number of ether oxygens (including phenoxy) is 1. The van der Waals surface area contributed by atoms with Crippen LogP contribution in [0.2, 0.25) is 0 Å². The van der Waals surface area contributed by atoms with Gasteiger partial charge in [0.2, 0.25) is 0 Å². The first-order chi connectivity index (χ1) is 10.1. The SMILES string of the molecule is Cc1cc(F)ccc1CN1C[C@@H]2[C@H](CO)[C@H]3CC[C@]2(C1)O3. The van der Waals surface area contributed by atoms with Crippen molar-refractivity contribution in [3.05, 3.63) is 35.1 Å². The summed E-state index contributed by atoms with van der Waals surface area (Å²) in [6.45, 7) is 4.98. The molecule has 0 radical (unpaired) electrons. The van der Waals surface area contributed by atoms with Gasteiger partial charge in [0.05, 0.1) is 11.7 Å². The van der Waals surface area contributed by atoms with Crippen LogP contribution in [0.5, 0.6) is 0 Å². The van der Waals surface area contributed by atoms with Crippen molar-refractivity contribution in [2.45, 2.75) is 38.0 Å². The van der Waals surface area contributed by atoms with E-state index < -0.39 is 0 Å². The highest BCUT2D eigenvalue weighted by Crippen LogP contribution is 2.54. The summed E-state index contributed by atoms with van der Waals surface area (Å²) in [4.78, 5) is 2.41. The smallest absolute Gasteiger partial charge is 0.123 e. The number of aliphatic hydroxyl groups excluding tert-OH is 1. The lowest BCUT2D eigenvalue weighted by molar-refractivity contribution is 0.000363. The van der Waals surface area contributed by atoms with Gasteiger partial charge in [0.15, 0.2) is 0 Å². The Morgan fingerprint density at radius 3 is 3.10 bits per heavy atom. The van der Waals surface area contributed by atoms with Crippen LogP contribution in [0.15, 0.2) is 18.2 Å². The normalized spacial score (nSPS) is 38.1. The monoisotopic (exact) mass is 291 g/mol. The zero-order chi connectivity index (χ0) is 14.6. The molecule has 0 unspecified atom stereocenters. The predicted octanol–water partition coefficient (Wildman–Crippen LogP) is 2.11. The lowest BCUT2D eigenvalue weighted by atomic mass is 9.74. The molecule has 114 valence electrons. The summed E-state index contributed by atoms with van der Waals surface area (Å²) in [5.74, 6) is 0.593. The van der Waals surface area contributed by atoms with Gasteiger partial charge >= 0.3 is 0 Å². The average Bonchev–Trinajstić information content (AvgIpc) is 3.08. The minimum absolute atomic E-state index is 0.0218. The summed E-state index contributed by atoms with van der Waals surface area (Å²) < 4.78 is 19.4. The molecular weight excluding hydrogens is 269 g/mol. The molecule has 3 nitrogen and oxygen atoms in total. The van der Waals surface area contributed by atoms with Gasteiger partial charge in [-0.2, -0.15) is 0 Å². The maximum atomic E-state index is 13.2. The lowest BCUT2D eigenvalue weighted by Crippen LogP contribution is -2.37. The van der Waals surface area contributed by atoms with Crippen molar-refractivity contribution >= 4 is 0 Å². The molecule has 0 saturated carbocycles. The number of benzene rings is 1. The Bertz CT molecular complexity index is 564. The van der Waals surface area contributed by atoms with E-state index in [1.165, 1.54) is 11.6 Å². The highest BCUT2D eigenvalue weighted by atomic mass is 19.1. The first-order valence-electron chi connectivity index (χ1n) is 7.87. The molecule has 4 heteroatoms. The van der Waals surface area contributed by atoms with Gasteiger partial charge in [-0.1, -0.05) is 6.07 Å². The third-order valence-electron chi connectivity index (χ3n) is 5.76. The zero-order valence-electron chi connectivity index (χ0n) is 12.4. The van der Waals surface area contributed by atoms with Crippen molar-refractivity contribution in [2.75, 3.05) is 19.7 Å². The Kier molecular flexibility index (Phi) is 3.10. The van der Waals surface area contributed by atoms with E-state index in [0.717, 1.165) is 38.0 Å². The Morgan fingerprint density at radius 2 is 2.33 bits per heavy atom. The molecule has 1 aromatic carbocycles. The van der Waals surface area contributed by atoms with Gasteiger partial charge in [-0.15, -0.1) is 0 Å². The molecule has 4 atom stereocenters. The van der Waals surface area contributed by atoms with Crippen LogP contribution >= 0.6 is 0 Å². The molecular formula is C17H22FNO2. The third kappa shape index (κ3) is 2.04. The van der Waals surface area contributed by atoms with Gasteiger partial charge in [0, 0.05) is 38.1 Å². The van der Waals surface area contributed by atoms with Crippen molar-refractivity contribution in [3.63, 3.8) is 0 Å². The number of hydrogen-bond acceptors (Lipinski definition) is 3. The molecule has 3 aliphatic rings. The van der Waals surface area contributed by atoms with E-state index in [1.807, 2.05) is 13.0 Å². The second-order valence-electron chi connectivity index (χ2n) is 6.95. The van der Waals surface area contributed by atoms with E-state index in [0.29, 0.717) is 11.8 Å². The van der Waals surface area contributed by atoms with Gasteiger partial charge in [-0.05, 0) is 43.0 Å². The summed E-state index contributed by atoms with van der Waals surface area (Å²) in [6.07, 6.45) is 2.48. The lowest BCUT2D eigenvalue weighted by Gasteiger charge is -2.28. The largest absolute Gasteiger partial charge is 0.396 e. The third-order valence-corrected chi connectivity index (χ3v) is 5.76. The fourth-order valence-corrected chi connectivity index (χ4v) is 4.73. The van der Waals surface area contributed by atoms with Gasteiger partial charge in [-0.3, -0.25) is 4.90 Å². The van der Waals surface area contributed by atoms with Crippen LogP contribution in [0.25, 0.3) is 0 Å². The Labute approximate surface area is 124 Å². The predicted molar refractivity (Wildman–Crippen MR) is 77.3 cm³/mol. The van der Waals surface area contributed by atoms with Gasteiger partial charge in [0.1, 0.15) is 5.82 Å². The highest BCUT2D eigenvalue weighted by Gasteiger charge is 2.62. The number of nitrogens with zero attached hydrogens (tertiary/aromatic N) is 1. The fraction of sp³-hybridized carbons (Fsp3) is 0.647. The molecule has 4 rings (SSSR count). The number of aryl methyl sites for hydroxylation is 1. The van der Waals surface area contributed by atoms with E-state index in [1.54, 1.807) is 6.07 Å². The summed E-state index contributed by atoms with van der Waals surface area (Å²) in [5, 5.41) is 9.64. The first-order valence-corrected chi connectivity index (χ1v) is 7.87. The first kappa shape index (κ1) is 13.7. The topological polar surface area (TPSA) is 32.7 Å². The maximum absolute atomic E-state index is 13.2. The van der Waals surface area contributed by atoms with Crippen LogP contribution in [0.3, 0.4) is 0 Å². The Balaban J connectivity index is 1.52. The highest BCUT2D eigenvalue weighted by molar-refractivity contribution is 5.27. The zero-order valence-corrected chi connectivity index (χ0v) is 12.4. The maximum Gasteiger partial charge on any atom is 0.123 e. The van der Waals surface area contributed by atoms with Gasteiger partial charge in [-0.25, -0.2) is 4.39 Å². The molecule has 1 aromatic rings. The Hall–Kier alpha value is -0.970. The van der Waals surface area contributed by atoms with Crippen molar-refractivity contribution < 1.29 is 14.2 Å². The average molecular weight is 291 g/mol. The summed E-state index contributed by atoms with van der Waals surface area (Å²) in [6, 6.07) is 5.03. The molecule has 3 heterocycles. The van der Waals surface area contributed by atoms with Crippen LogP contribution < -0.4 is 0 Å². The van der Waals surface area contributed by atoms with E-state index in [-0.39, 0.29) is 24.1 Å². The van der Waals surface area contributed by atoms with E-state index in [2.05, 4.69) is 4.90 Å². The van der Waals surface area contributed by atoms with Crippen molar-refractivity contribution in [3.8, 4) is 0 Å². The van der Waals surface area contributed by atoms with E-state index in [4.69, 9.17) is 4.74 Å². The van der Waals surface area contributed by atoms with Crippen LogP contribution in [0, 0.1) is 24.6 Å². The standard InChI is InChI=1S/C17H22FNO2/c1-11-6-13(18)3-2-12(11)7-19-8-15-14(9-20)16-4-5-17(15,10-19)21-16/h2-3,6,14-16,20H,4-5,7-10H2,1H3/t14-,15+,16+,17+/m0/s1. The molecule has 1 spiro atoms. The van der Waals surface area contributed by atoms with Gasteiger partial charge in [0.25, 0.3) is 0 Å². The molecule has 21 heavy (non-hydrogen) atoms.